The number of carbonyl (C=O) groups is 2. The Labute approximate surface area is 347 Å². The molecule has 0 saturated carbocycles. The fourth-order valence-corrected chi connectivity index (χ4v) is 6.07. The Bertz CT molecular complexity index is 1320. The quantitative estimate of drug-likeness (QED) is 0.0129. The second-order valence-electron chi connectivity index (χ2n) is 13.7. The van der Waals surface area contributed by atoms with Gasteiger partial charge in [0.25, 0.3) is 0 Å². The van der Waals surface area contributed by atoms with Crippen molar-refractivity contribution in [1.82, 2.24) is 0 Å². The molecule has 0 aromatic carbocycles. The zero-order valence-corrected chi connectivity index (χ0v) is 36.5. The minimum absolute atomic E-state index is 0.0344. The Morgan fingerprint density at radius 2 is 1.09 bits per heavy atom. The first-order valence-corrected chi connectivity index (χ1v) is 23.8. The van der Waals surface area contributed by atoms with Crippen LogP contribution in [-0.2, 0) is 41.8 Å². The number of aliphatic hydroxyl groups is 2. The fourth-order valence-electron chi connectivity index (χ4n) is 4.92. The smallest absolute Gasteiger partial charge is 0.462 e. The van der Waals surface area contributed by atoms with E-state index in [4.69, 9.17) is 23.8 Å². The van der Waals surface area contributed by atoms with Gasteiger partial charge in [0.2, 0.25) is 0 Å². The summed E-state index contributed by atoms with van der Waals surface area (Å²) in [5, 5.41) is 19.2. The van der Waals surface area contributed by atoms with Crippen LogP contribution in [0.15, 0.2) is 72.9 Å². The van der Waals surface area contributed by atoms with Crippen LogP contribution in [0.25, 0.3) is 0 Å². The summed E-state index contributed by atoms with van der Waals surface area (Å²) in [5.41, 5.74) is 0. The van der Waals surface area contributed by atoms with Gasteiger partial charge < -0.3 is 34.4 Å². The molecule has 0 rings (SSSR count). The molecule has 16 heteroatoms. The largest absolute Gasteiger partial charge is 0.472 e. The molecule has 0 heterocycles. The molecule has 0 saturated heterocycles. The summed E-state index contributed by atoms with van der Waals surface area (Å²) in [6.07, 6.45) is 37.1. The number of aliphatic hydroxyl groups excluding tert-OH is 2. The molecule has 0 aliphatic heterocycles. The molecule has 0 radical (unpaired) electrons. The molecule has 334 valence electrons. The van der Waals surface area contributed by atoms with Crippen LogP contribution >= 0.6 is 15.6 Å². The predicted molar refractivity (Wildman–Crippen MR) is 226 cm³/mol. The van der Waals surface area contributed by atoms with E-state index in [9.17, 15) is 33.8 Å². The van der Waals surface area contributed by atoms with Gasteiger partial charge in [-0.2, -0.15) is 0 Å². The number of allylic oxidation sites excluding steroid dienone is 11. The third-order valence-corrected chi connectivity index (χ3v) is 9.66. The standard InChI is InChI=1S/C42H72O14P2/c1-3-5-6-7-8-9-10-13-17-20-23-26-29-32-41(45)52-36-40(37-55-58(50,51)54-35-39(44)34-53-57(47,48)49)56-42(46)33-30-27-24-21-18-15-12-11-14-16-19-22-25-28-31-38(43)4-2/h9-10,12,14-16,21-22,24-25,28,31,38-40,43-44H,3-8,11,13,17-20,23,26-27,29-30,32-37H2,1-2H3,(H,50,51)(H2,47,48,49)/b10-9-,15-12-,16-14-,24-21-,25-22-,31-28+/t38-,39+,40-/m1/s1. The topological polar surface area (TPSA) is 216 Å². The highest BCUT2D eigenvalue weighted by Crippen LogP contribution is 2.43. The van der Waals surface area contributed by atoms with Gasteiger partial charge in [0, 0.05) is 12.8 Å². The van der Waals surface area contributed by atoms with Crippen LogP contribution in [0.1, 0.15) is 136 Å². The number of hydrogen-bond acceptors (Lipinski definition) is 11. The van der Waals surface area contributed by atoms with Gasteiger partial charge >= 0.3 is 27.6 Å². The Morgan fingerprint density at radius 3 is 1.72 bits per heavy atom. The maximum Gasteiger partial charge on any atom is 0.472 e. The van der Waals surface area contributed by atoms with Gasteiger partial charge in [-0.15, -0.1) is 0 Å². The molecule has 5 N–H and O–H groups in total. The first kappa shape index (κ1) is 55.5. The Kier molecular flexibility index (Phi) is 35.9. The maximum absolute atomic E-state index is 12.6. The molecule has 4 atom stereocenters. The van der Waals surface area contributed by atoms with Crippen molar-refractivity contribution in [2.24, 2.45) is 0 Å². The lowest BCUT2D eigenvalue weighted by molar-refractivity contribution is -0.161. The molecule has 0 spiro atoms. The average Bonchev–Trinajstić information content (AvgIpc) is 3.18. The number of unbranched alkanes of at least 4 members (excludes halogenated alkanes) is 10. The average molecular weight is 863 g/mol. The van der Waals surface area contributed by atoms with Gasteiger partial charge in [0.15, 0.2) is 6.10 Å². The number of phosphoric ester groups is 2. The SMILES string of the molecule is CCCCCC/C=C\CCCCCCCC(=O)OC[C@H](COP(=O)(O)OC[C@@H](O)COP(=O)(O)O)OC(=O)CCC/C=C\C/C=C\C/C=C\C/C=C\C=C\[C@H](O)CC. The van der Waals surface area contributed by atoms with E-state index in [0.717, 1.165) is 57.8 Å². The van der Waals surface area contributed by atoms with Crippen molar-refractivity contribution in [3.63, 3.8) is 0 Å². The highest BCUT2D eigenvalue weighted by molar-refractivity contribution is 7.47. The second kappa shape index (κ2) is 37.5. The summed E-state index contributed by atoms with van der Waals surface area (Å²) in [4.78, 5) is 52.6. The molecule has 0 aliphatic rings. The fraction of sp³-hybridized carbons (Fsp3) is 0.667. The lowest BCUT2D eigenvalue weighted by Gasteiger charge is -2.20. The van der Waals surface area contributed by atoms with E-state index in [1.807, 2.05) is 43.4 Å². The highest BCUT2D eigenvalue weighted by atomic mass is 31.2. The lowest BCUT2D eigenvalue weighted by atomic mass is 10.1. The number of ether oxygens (including phenoxy) is 2. The molecule has 58 heavy (non-hydrogen) atoms. The van der Waals surface area contributed by atoms with Crippen LogP contribution in [0.4, 0.5) is 0 Å². The normalized spacial score (nSPS) is 15.4. The van der Waals surface area contributed by atoms with Crippen LogP contribution in [0.5, 0.6) is 0 Å². The first-order chi connectivity index (χ1) is 27.8. The summed E-state index contributed by atoms with van der Waals surface area (Å²) in [6.45, 7) is 1.31. The van der Waals surface area contributed by atoms with E-state index in [0.29, 0.717) is 25.7 Å². The van der Waals surface area contributed by atoms with Gasteiger partial charge in [-0.05, 0) is 70.6 Å². The van der Waals surface area contributed by atoms with Gasteiger partial charge in [0.1, 0.15) is 12.7 Å². The van der Waals surface area contributed by atoms with Crippen LogP contribution in [0.3, 0.4) is 0 Å². The highest BCUT2D eigenvalue weighted by Gasteiger charge is 2.28. The summed E-state index contributed by atoms with van der Waals surface area (Å²) >= 11 is 0. The van der Waals surface area contributed by atoms with Crippen molar-refractivity contribution in [2.75, 3.05) is 26.4 Å². The Morgan fingerprint density at radius 1 is 0.569 bits per heavy atom. The van der Waals surface area contributed by atoms with E-state index >= 15 is 0 Å². The third-order valence-electron chi connectivity index (χ3n) is 8.23. The van der Waals surface area contributed by atoms with Crippen LogP contribution in [0, 0.1) is 0 Å². The van der Waals surface area contributed by atoms with Crippen LogP contribution in [0.2, 0.25) is 0 Å². The van der Waals surface area contributed by atoms with Crippen LogP contribution < -0.4 is 0 Å². The molecule has 0 aliphatic carbocycles. The maximum atomic E-state index is 12.6. The summed E-state index contributed by atoms with van der Waals surface area (Å²) in [7, 11) is -9.71. The van der Waals surface area contributed by atoms with Gasteiger partial charge in [-0.1, -0.05) is 125 Å². The minimum atomic E-state index is -4.87. The summed E-state index contributed by atoms with van der Waals surface area (Å²) in [6, 6.07) is 0. The Hall–Kier alpha value is -2.48. The number of esters is 2. The van der Waals surface area contributed by atoms with E-state index < -0.39 is 72.3 Å². The molecule has 14 nitrogen and oxygen atoms in total. The third kappa shape index (κ3) is 40.3. The first-order valence-electron chi connectivity index (χ1n) is 20.7. The van der Waals surface area contributed by atoms with Crippen molar-refractivity contribution >= 4 is 27.6 Å². The second-order valence-corrected chi connectivity index (χ2v) is 16.4. The van der Waals surface area contributed by atoms with E-state index in [-0.39, 0.29) is 12.8 Å². The lowest BCUT2D eigenvalue weighted by Crippen LogP contribution is -2.29. The zero-order valence-electron chi connectivity index (χ0n) is 34.7. The summed E-state index contributed by atoms with van der Waals surface area (Å²) < 4.78 is 47.6. The summed E-state index contributed by atoms with van der Waals surface area (Å²) in [5.74, 6) is -1.14. The van der Waals surface area contributed by atoms with E-state index in [1.54, 1.807) is 6.08 Å². The predicted octanol–water partition coefficient (Wildman–Crippen LogP) is 9.20. The molecular weight excluding hydrogens is 790 g/mol. The minimum Gasteiger partial charge on any atom is -0.462 e. The van der Waals surface area contributed by atoms with E-state index in [2.05, 4.69) is 46.4 Å². The molecule has 1 unspecified atom stereocenters. The van der Waals surface area contributed by atoms with Crippen molar-refractivity contribution < 1.29 is 66.7 Å². The Balaban J connectivity index is 4.69. The molecule has 0 fully saturated rings. The molecule has 0 aromatic rings. The van der Waals surface area contributed by atoms with Crippen molar-refractivity contribution in [3.05, 3.63) is 72.9 Å². The van der Waals surface area contributed by atoms with Gasteiger partial charge in [-0.3, -0.25) is 23.2 Å². The molecule has 0 aromatic heterocycles. The molecular formula is C42H72O14P2. The zero-order chi connectivity index (χ0) is 43.2. The van der Waals surface area contributed by atoms with Crippen LogP contribution in [-0.4, -0.2) is 81.6 Å². The molecule has 0 bridgehead atoms. The van der Waals surface area contributed by atoms with Gasteiger partial charge in [-0.25, -0.2) is 9.13 Å². The van der Waals surface area contributed by atoms with E-state index in [1.165, 1.54) is 25.7 Å². The number of rotatable bonds is 38. The number of carbonyl (C=O) groups excluding carboxylic acids is 2. The number of hydrogen-bond donors (Lipinski definition) is 5. The van der Waals surface area contributed by atoms with Crippen molar-refractivity contribution in [1.29, 1.82) is 0 Å². The van der Waals surface area contributed by atoms with Crippen molar-refractivity contribution in [3.8, 4) is 0 Å². The monoisotopic (exact) mass is 862 g/mol. The van der Waals surface area contributed by atoms with Gasteiger partial charge in [0.05, 0.1) is 25.9 Å². The molecule has 0 amide bonds. The van der Waals surface area contributed by atoms with Crippen molar-refractivity contribution in [2.45, 2.75) is 154 Å². The number of phosphoric acid groups is 2.